The number of sulfone groups is 1. The summed E-state index contributed by atoms with van der Waals surface area (Å²) in [6.45, 7) is 3.85. The number of aliphatic imine (C=N–C) groups is 1. The fourth-order valence-electron chi connectivity index (χ4n) is 2.54. The Morgan fingerprint density at radius 3 is 2.46 bits per heavy atom. The smallest absolute Gasteiger partial charge is 0.191 e. The first-order valence-electron chi connectivity index (χ1n) is 8.71. The van der Waals surface area contributed by atoms with E-state index in [2.05, 4.69) is 15.6 Å². The lowest BCUT2D eigenvalue weighted by molar-refractivity contribution is 0.551. The zero-order chi connectivity index (χ0) is 20.7. The Kier molecular flexibility index (Phi) is 7.45. The van der Waals surface area contributed by atoms with Crippen LogP contribution in [0.25, 0.3) is 0 Å². The first-order chi connectivity index (χ1) is 13.2. The summed E-state index contributed by atoms with van der Waals surface area (Å²) in [5.41, 5.74) is 0.242. The van der Waals surface area contributed by atoms with E-state index in [1.54, 1.807) is 6.92 Å². The molecule has 5 nitrogen and oxygen atoms in total. The second-order valence-corrected chi connectivity index (χ2v) is 8.12. The van der Waals surface area contributed by atoms with Crippen LogP contribution in [0.1, 0.15) is 25.5 Å². The second-order valence-electron chi connectivity index (χ2n) is 6.04. The Morgan fingerprint density at radius 1 is 1.11 bits per heavy atom. The maximum absolute atomic E-state index is 13.9. The van der Waals surface area contributed by atoms with E-state index >= 15 is 0 Å². The van der Waals surface area contributed by atoms with Crippen molar-refractivity contribution >= 4 is 15.8 Å². The molecule has 9 heteroatoms. The van der Waals surface area contributed by atoms with E-state index < -0.39 is 33.3 Å². The van der Waals surface area contributed by atoms with Crippen molar-refractivity contribution in [3.8, 4) is 0 Å². The molecule has 2 aromatic carbocycles. The van der Waals surface area contributed by atoms with Gasteiger partial charge in [0.1, 0.15) is 22.3 Å². The molecule has 2 N–H and O–H groups in total. The minimum Gasteiger partial charge on any atom is -0.357 e. The summed E-state index contributed by atoms with van der Waals surface area (Å²) in [6.07, 6.45) is 0. The van der Waals surface area contributed by atoms with Crippen LogP contribution in [0.3, 0.4) is 0 Å². The van der Waals surface area contributed by atoms with Crippen molar-refractivity contribution in [2.45, 2.75) is 24.8 Å². The molecule has 0 aliphatic carbocycles. The third kappa shape index (κ3) is 5.72. The highest BCUT2D eigenvalue weighted by Gasteiger charge is 2.18. The molecule has 0 saturated carbocycles. The predicted molar refractivity (Wildman–Crippen MR) is 102 cm³/mol. The summed E-state index contributed by atoms with van der Waals surface area (Å²) in [5, 5.41) is 5.86. The molecule has 2 aromatic rings. The number of hydrogen-bond donors (Lipinski definition) is 2. The van der Waals surface area contributed by atoms with E-state index in [4.69, 9.17) is 0 Å². The average molecular weight is 413 g/mol. The van der Waals surface area contributed by atoms with E-state index in [0.717, 1.165) is 18.2 Å². The molecular formula is C19H22F3N3O2S. The van der Waals surface area contributed by atoms with Gasteiger partial charge in [-0.25, -0.2) is 21.6 Å². The van der Waals surface area contributed by atoms with Crippen molar-refractivity contribution in [2.75, 3.05) is 18.8 Å². The monoisotopic (exact) mass is 413 g/mol. The number of guanidine groups is 1. The van der Waals surface area contributed by atoms with Gasteiger partial charge in [0.05, 0.1) is 18.3 Å². The molecule has 1 unspecified atom stereocenters. The Balaban J connectivity index is 2.08. The lowest BCUT2D eigenvalue weighted by atomic mass is 10.1. The summed E-state index contributed by atoms with van der Waals surface area (Å²) >= 11 is 0. The Hall–Kier alpha value is -2.55. The van der Waals surface area contributed by atoms with E-state index in [-0.39, 0.29) is 28.7 Å². The standard InChI is InChI=1S/C19H22F3N3O2S/c1-3-23-19(25-13(2)15-9-8-14(20)12-17(15)22)24-10-11-28(26,27)18-7-5-4-6-16(18)21/h4-9,12-13H,3,10-11H2,1-2H3,(H2,23,24,25). The first-order valence-corrected chi connectivity index (χ1v) is 10.4. The molecule has 0 amide bonds. The SMILES string of the molecule is CCNC(=NCCS(=O)(=O)c1ccccc1F)NC(C)c1ccc(F)cc1F. The largest absolute Gasteiger partial charge is 0.357 e. The van der Waals surface area contributed by atoms with Gasteiger partial charge in [0.15, 0.2) is 15.8 Å². The first kappa shape index (κ1) is 21.7. The molecule has 0 heterocycles. The maximum atomic E-state index is 13.9. The summed E-state index contributed by atoms with van der Waals surface area (Å²) in [6, 6.07) is 7.88. The Labute approximate surface area is 162 Å². The molecule has 0 radical (unpaired) electrons. The quantitative estimate of drug-likeness (QED) is 0.540. The van der Waals surface area contributed by atoms with Gasteiger partial charge in [-0.05, 0) is 32.0 Å². The molecule has 0 aromatic heterocycles. The molecule has 1 atom stereocenters. The predicted octanol–water partition coefficient (Wildman–Crippen LogP) is 3.19. The molecule has 0 fully saturated rings. The molecular weight excluding hydrogens is 391 g/mol. The Morgan fingerprint density at radius 2 is 1.82 bits per heavy atom. The highest BCUT2D eigenvalue weighted by molar-refractivity contribution is 7.91. The number of hydrogen-bond acceptors (Lipinski definition) is 3. The van der Waals surface area contributed by atoms with Gasteiger partial charge in [-0.2, -0.15) is 0 Å². The summed E-state index contributed by atoms with van der Waals surface area (Å²) in [7, 11) is -3.83. The fraction of sp³-hybridized carbons (Fsp3) is 0.316. The number of rotatable bonds is 7. The van der Waals surface area contributed by atoms with Gasteiger partial charge >= 0.3 is 0 Å². The fourth-order valence-corrected chi connectivity index (χ4v) is 3.74. The van der Waals surface area contributed by atoms with Crippen molar-refractivity contribution in [2.24, 2.45) is 4.99 Å². The highest BCUT2D eigenvalue weighted by Crippen LogP contribution is 2.18. The molecule has 0 aliphatic heterocycles. The lowest BCUT2D eigenvalue weighted by Crippen LogP contribution is -2.39. The number of benzene rings is 2. The van der Waals surface area contributed by atoms with Crippen molar-refractivity contribution in [3.63, 3.8) is 0 Å². The zero-order valence-corrected chi connectivity index (χ0v) is 16.4. The maximum Gasteiger partial charge on any atom is 0.191 e. The van der Waals surface area contributed by atoms with Crippen LogP contribution in [0, 0.1) is 17.5 Å². The van der Waals surface area contributed by atoms with Crippen LogP contribution in [0.15, 0.2) is 52.4 Å². The lowest BCUT2D eigenvalue weighted by Gasteiger charge is -2.18. The van der Waals surface area contributed by atoms with Crippen LogP contribution >= 0.6 is 0 Å². The van der Waals surface area contributed by atoms with Crippen LogP contribution in [-0.2, 0) is 9.84 Å². The van der Waals surface area contributed by atoms with Gasteiger partial charge in [0, 0.05) is 18.2 Å². The van der Waals surface area contributed by atoms with Gasteiger partial charge in [-0.3, -0.25) is 4.99 Å². The van der Waals surface area contributed by atoms with E-state index in [0.29, 0.717) is 6.54 Å². The third-order valence-electron chi connectivity index (χ3n) is 3.93. The van der Waals surface area contributed by atoms with Crippen molar-refractivity contribution in [1.29, 1.82) is 0 Å². The molecule has 152 valence electrons. The molecule has 0 bridgehead atoms. The van der Waals surface area contributed by atoms with Crippen LogP contribution < -0.4 is 10.6 Å². The van der Waals surface area contributed by atoms with Crippen molar-refractivity contribution in [1.82, 2.24) is 10.6 Å². The van der Waals surface area contributed by atoms with Gasteiger partial charge in [-0.1, -0.05) is 18.2 Å². The zero-order valence-electron chi connectivity index (χ0n) is 15.5. The molecule has 2 rings (SSSR count). The minimum absolute atomic E-state index is 0.120. The van der Waals surface area contributed by atoms with E-state index in [1.165, 1.54) is 24.3 Å². The summed E-state index contributed by atoms with van der Waals surface area (Å²) in [4.78, 5) is 3.79. The van der Waals surface area contributed by atoms with Gasteiger partial charge in [0.2, 0.25) is 0 Å². The Bertz CT molecular complexity index is 949. The van der Waals surface area contributed by atoms with Crippen LogP contribution in [0.2, 0.25) is 0 Å². The number of nitrogens with zero attached hydrogens (tertiary/aromatic N) is 1. The van der Waals surface area contributed by atoms with Gasteiger partial charge < -0.3 is 10.6 Å². The molecule has 0 aliphatic rings. The third-order valence-corrected chi connectivity index (χ3v) is 5.65. The van der Waals surface area contributed by atoms with E-state index in [9.17, 15) is 21.6 Å². The minimum atomic E-state index is -3.83. The molecule has 28 heavy (non-hydrogen) atoms. The van der Waals surface area contributed by atoms with Gasteiger partial charge in [-0.15, -0.1) is 0 Å². The average Bonchev–Trinajstić information content (AvgIpc) is 2.61. The number of nitrogens with one attached hydrogen (secondary N) is 2. The summed E-state index contributed by atoms with van der Waals surface area (Å²) in [5.74, 6) is -2.30. The van der Waals surface area contributed by atoms with Crippen molar-refractivity contribution < 1.29 is 21.6 Å². The van der Waals surface area contributed by atoms with Crippen LogP contribution in [0.4, 0.5) is 13.2 Å². The highest BCUT2D eigenvalue weighted by atomic mass is 32.2. The van der Waals surface area contributed by atoms with Gasteiger partial charge in [0.25, 0.3) is 0 Å². The molecule has 0 spiro atoms. The van der Waals surface area contributed by atoms with Crippen molar-refractivity contribution in [3.05, 3.63) is 65.5 Å². The summed E-state index contributed by atoms with van der Waals surface area (Å²) < 4.78 is 65.2. The molecule has 0 saturated heterocycles. The number of halogens is 3. The van der Waals surface area contributed by atoms with E-state index in [1.807, 2.05) is 6.92 Å². The van der Waals surface area contributed by atoms with Crippen LogP contribution in [-0.4, -0.2) is 33.2 Å². The topological polar surface area (TPSA) is 70.6 Å². The van der Waals surface area contributed by atoms with Crippen LogP contribution in [0.5, 0.6) is 0 Å². The second kappa shape index (κ2) is 9.59. The normalized spacial score (nSPS) is 13.2.